The fourth-order valence-electron chi connectivity index (χ4n) is 2.58. The van der Waals surface area contributed by atoms with Gasteiger partial charge in [0, 0.05) is 17.1 Å². The zero-order valence-corrected chi connectivity index (χ0v) is 12.3. The number of nitrogens with two attached hydrogens (primary N) is 1. The maximum atomic E-state index is 13.8. The third-order valence-electron chi connectivity index (χ3n) is 3.55. The van der Waals surface area contributed by atoms with E-state index in [2.05, 4.69) is 15.9 Å². The second-order valence-corrected chi connectivity index (χ2v) is 5.77. The molecule has 1 fully saturated rings. The average molecular weight is 329 g/mol. The summed E-state index contributed by atoms with van der Waals surface area (Å²) in [6.45, 7) is 1.24. The van der Waals surface area contributed by atoms with Crippen LogP contribution in [0.2, 0.25) is 0 Å². The van der Waals surface area contributed by atoms with Crippen molar-refractivity contribution in [1.82, 2.24) is 4.90 Å². The lowest BCUT2D eigenvalue weighted by Gasteiger charge is -2.35. The van der Waals surface area contributed by atoms with E-state index < -0.39 is 5.82 Å². The molecule has 1 aromatic carbocycles. The molecular formula is C14H18BrFN2O. The molecule has 1 aliphatic rings. The minimum atomic E-state index is -0.467. The van der Waals surface area contributed by atoms with Gasteiger partial charge in [-0.2, -0.15) is 0 Å². The number of likely N-dealkylation sites (tertiary alicyclic amines) is 1. The number of nitrogens with zero attached hydrogens (tertiary/aromatic N) is 1. The molecule has 1 unspecified atom stereocenters. The largest absolute Gasteiger partial charge is 0.336 e. The van der Waals surface area contributed by atoms with Crippen LogP contribution >= 0.6 is 15.9 Å². The topological polar surface area (TPSA) is 46.3 Å². The van der Waals surface area contributed by atoms with Crippen LogP contribution in [0.4, 0.5) is 4.39 Å². The van der Waals surface area contributed by atoms with Gasteiger partial charge in [0.05, 0.1) is 5.56 Å². The van der Waals surface area contributed by atoms with E-state index in [0.717, 1.165) is 25.7 Å². The van der Waals surface area contributed by atoms with Crippen molar-refractivity contribution in [2.45, 2.75) is 31.7 Å². The number of rotatable bonds is 3. The lowest BCUT2D eigenvalue weighted by Crippen LogP contribution is -2.44. The van der Waals surface area contributed by atoms with Gasteiger partial charge in [0.15, 0.2) is 0 Å². The van der Waals surface area contributed by atoms with Gasteiger partial charge in [-0.15, -0.1) is 0 Å². The van der Waals surface area contributed by atoms with Crippen LogP contribution in [0.5, 0.6) is 0 Å². The second kappa shape index (κ2) is 6.48. The van der Waals surface area contributed by atoms with Crippen molar-refractivity contribution in [2.24, 2.45) is 5.73 Å². The van der Waals surface area contributed by atoms with E-state index in [4.69, 9.17) is 5.73 Å². The van der Waals surface area contributed by atoms with Crippen molar-refractivity contribution in [2.75, 3.05) is 13.1 Å². The predicted octanol–water partition coefficient (Wildman–Crippen LogP) is 2.93. The van der Waals surface area contributed by atoms with Crippen molar-refractivity contribution in [3.8, 4) is 0 Å². The standard InChI is InChI=1S/C14H18BrFN2O/c15-10-4-5-13(16)12(9-10)14(19)18-8-2-1-3-11(18)6-7-17/h4-5,9,11H,1-3,6-8,17H2. The maximum Gasteiger partial charge on any atom is 0.257 e. The van der Waals surface area contributed by atoms with E-state index >= 15 is 0 Å². The number of hydrogen-bond acceptors (Lipinski definition) is 2. The zero-order valence-electron chi connectivity index (χ0n) is 10.7. The molecule has 2 N–H and O–H groups in total. The van der Waals surface area contributed by atoms with Crippen LogP contribution in [0.25, 0.3) is 0 Å². The van der Waals surface area contributed by atoms with Crippen molar-refractivity contribution in [3.05, 3.63) is 34.1 Å². The zero-order chi connectivity index (χ0) is 13.8. The van der Waals surface area contributed by atoms with Gasteiger partial charge >= 0.3 is 0 Å². The molecule has 1 aliphatic heterocycles. The lowest BCUT2D eigenvalue weighted by molar-refractivity contribution is 0.0600. The molecule has 0 saturated carbocycles. The van der Waals surface area contributed by atoms with Crippen LogP contribution in [0.1, 0.15) is 36.0 Å². The predicted molar refractivity (Wildman–Crippen MR) is 76.4 cm³/mol. The Morgan fingerprint density at radius 2 is 2.26 bits per heavy atom. The van der Waals surface area contributed by atoms with Gasteiger partial charge in [-0.3, -0.25) is 4.79 Å². The Labute approximate surface area is 121 Å². The van der Waals surface area contributed by atoms with Crippen molar-refractivity contribution in [1.29, 1.82) is 0 Å². The number of halogens is 2. The Morgan fingerprint density at radius 1 is 1.47 bits per heavy atom. The van der Waals surface area contributed by atoms with Crippen molar-refractivity contribution >= 4 is 21.8 Å². The Bertz CT molecular complexity index is 465. The summed E-state index contributed by atoms with van der Waals surface area (Å²) in [5, 5.41) is 0. The summed E-state index contributed by atoms with van der Waals surface area (Å²) < 4.78 is 14.5. The van der Waals surface area contributed by atoms with Crippen LogP contribution in [0.3, 0.4) is 0 Å². The number of amides is 1. The van der Waals surface area contributed by atoms with E-state index in [1.165, 1.54) is 6.07 Å². The van der Waals surface area contributed by atoms with Gasteiger partial charge < -0.3 is 10.6 Å². The highest BCUT2D eigenvalue weighted by Crippen LogP contribution is 2.24. The Morgan fingerprint density at radius 3 is 3.00 bits per heavy atom. The van der Waals surface area contributed by atoms with Crippen molar-refractivity contribution in [3.63, 3.8) is 0 Å². The third kappa shape index (κ3) is 3.34. The highest BCUT2D eigenvalue weighted by atomic mass is 79.9. The second-order valence-electron chi connectivity index (χ2n) is 4.85. The monoisotopic (exact) mass is 328 g/mol. The summed E-state index contributed by atoms with van der Waals surface area (Å²) >= 11 is 3.28. The van der Waals surface area contributed by atoms with Crippen LogP contribution < -0.4 is 5.73 Å². The van der Waals surface area contributed by atoms with Crippen LogP contribution in [-0.4, -0.2) is 29.9 Å². The minimum absolute atomic E-state index is 0.137. The summed E-state index contributed by atoms with van der Waals surface area (Å²) in [5.41, 5.74) is 5.73. The van der Waals surface area contributed by atoms with Crippen molar-refractivity contribution < 1.29 is 9.18 Å². The smallest absolute Gasteiger partial charge is 0.257 e. The van der Waals surface area contributed by atoms with E-state index in [9.17, 15) is 9.18 Å². The fraction of sp³-hybridized carbons (Fsp3) is 0.500. The molecule has 1 aromatic rings. The number of carbonyl (C=O) groups is 1. The Balaban J connectivity index is 2.23. The molecular weight excluding hydrogens is 311 g/mol. The fourth-order valence-corrected chi connectivity index (χ4v) is 2.94. The summed E-state index contributed by atoms with van der Waals surface area (Å²) in [5.74, 6) is -0.692. The molecule has 1 saturated heterocycles. The molecule has 0 radical (unpaired) electrons. The first kappa shape index (κ1) is 14.5. The van der Waals surface area contributed by atoms with Crippen LogP contribution in [-0.2, 0) is 0 Å². The SMILES string of the molecule is NCCC1CCCCN1C(=O)c1cc(Br)ccc1F. The molecule has 5 heteroatoms. The molecule has 19 heavy (non-hydrogen) atoms. The van der Waals surface area contributed by atoms with Gasteiger partial charge in [-0.25, -0.2) is 4.39 Å². The highest BCUT2D eigenvalue weighted by molar-refractivity contribution is 9.10. The van der Waals surface area contributed by atoms with E-state index in [0.29, 0.717) is 17.6 Å². The quantitative estimate of drug-likeness (QED) is 0.927. The molecule has 2 rings (SSSR count). The van der Waals surface area contributed by atoms with Gasteiger partial charge in [0.1, 0.15) is 5.82 Å². The number of carbonyl (C=O) groups excluding carboxylic acids is 1. The summed E-state index contributed by atoms with van der Waals surface area (Å²) in [6.07, 6.45) is 3.82. The summed E-state index contributed by atoms with van der Waals surface area (Å²) in [7, 11) is 0. The van der Waals surface area contributed by atoms with Gasteiger partial charge in [0.2, 0.25) is 0 Å². The Kier molecular flexibility index (Phi) is 4.93. The molecule has 1 atom stereocenters. The molecule has 1 amide bonds. The highest BCUT2D eigenvalue weighted by Gasteiger charge is 2.28. The summed E-state index contributed by atoms with van der Waals surface area (Å²) in [4.78, 5) is 14.3. The van der Waals surface area contributed by atoms with E-state index in [1.807, 2.05) is 0 Å². The number of piperidine rings is 1. The van der Waals surface area contributed by atoms with Gasteiger partial charge in [0.25, 0.3) is 5.91 Å². The van der Waals surface area contributed by atoms with Crippen LogP contribution in [0, 0.1) is 5.82 Å². The molecule has 0 aliphatic carbocycles. The van der Waals surface area contributed by atoms with Gasteiger partial charge in [-0.05, 0) is 50.4 Å². The molecule has 0 bridgehead atoms. The first-order chi connectivity index (χ1) is 9.13. The molecule has 104 valence electrons. The molecule has 3 nitrogen and oxygen atoms in total. The van der Waals surface area contributed by atoms with E-state index in [-0.39, 0.29) is 17.5 Å². The number of hydrogen-bond donors (Lipinski definition) is 1. The minimum Gasteiger partial charge on any atom is -0.336 e. The molecule has 0 aromatic heterocycles. The third-order valence-corrected chi connectivity index (χ3v) is 4.04. The van der Waals surface area contributed by atoms with Crippen LogP contribution in [0.15, 0.2) is 22.7 Å². The molecule has 0 spiro atoms. The molecule has 1 heterocycles. The first-order valence-corrected chi connectivity index (χ1v) is 7.39. The number of benzene rings is 1. The average Bonchev–Trinajstić information content (AvgIpc) is 2.42. The van der Waals surface area contributed by atoms with Gasteiger partial charge in [-0.1, -0.05) is 15.9 Å². The summed E-state index contributed by atoms with van der Waals surface area (Å²) in [6, 6.07) is 4.61. The normalized spacial score (nSPS) is 19.5. The first-order valence-electron chi connectivity index (χ1n) is 6.59. The maximum absolute atomic E-state index is 13.8. The van der Waals surface area contributed by atoms with E-state index in [1.54, 1.807) is 17.0 Å². The lowest BCUT2D eigenvalue weighted by atomic mass is 9.98. The Hall–Kier alpha value is -0.940.